The fourth-order valence-electron chi connectivity index (χ4n) is 2.69. The molecule has 0 aromatic heterocycles. The maximum absolute atomic E-state index is 6.20. The van der Waals surface area contributed by atoms with Gasteiger partial charge in [0.1, 0.15) is 0 Å². The molecule has 0 saturated carbocycles. The molecule has 6 heteroatoms. The molecule has 0 aliphatic rings. The molecule has 0 atom stereocenters. The van der Waals surface area contributed by atoms with Crippen molar-refractivity contribution >= 4 is 25.9 Å². The van der Waals surface area contributed by atoms with Gasteiger partial charge in [-0.05, 0) is 44.8 Å². The third kappa shape index (κ3) is 11.7. The molecule has 0 rings (SSSR count). The Hall–Kier alpha value is 0.531. The summed E-state index contributed by atoms with van der Waals surface area (Å²) in [4.78, 5) is 0. The van der Waals surface area contributed by atoms with Gasteiger partial charge in [-0.1, -0.05) is 38.5 Å². The Morgan fingerprint density at radius 3 is 1.57 bits per heavy atom. The van der Waals surface area contributed by atoms with Crippen LogP contribution in [0.2, 0.25) is 44.8 Å². The van der Waals surface area contributed by atoms with E-state index in [1.807, 2.05) is 0 Å². The van der Waals surface area contributed by atoms with Gasteiger partial charge in [0, 0.05) is 14.2 Å². The van der Waals surface area contributed by atoms with Crippen LogP contribution in [0.15, 0.2) is 0 Å². The van der Waals surface area contributed by atoms with Crippen molar-refractivity contribution in [2.24, 2.45) is 0 Å². The van der Waals surface area contributed by atoms with Crippen molar-refractivity contribution < 1.29 is 13.0 Å². The van der Waals surface area contributed by atoms with Crippen molar-refractivity contribution in [2.75, 3.05) is 14.2 Å². The quantitative estimate of drug-likeness (QED) is 0.349. The summed E-state index contributed by atoms with van der Waals surface area (Å²) >= 11 is 0. The highest BCUT2D eigenvalue weighted by Crippen LogP contribution is 2.20. The van der Waals surface area contributed by atoms with Crippen LogP contribution in [-0.2, 0) is 13.0 Å². The number of hydrogen-bond donors (Lipinski definition) is 0. The summed E-state index contributed by atoms with van der Waals surface area (Å²) in [6, 6.07) is 2.45. The molecule has 0 aromatic rings. The Labute approximate surface area is 136 Å². The topological polar surface area (TPSA) is 27.7 Å². The van der Waals surface area contributed by atoms with Crippen LogP contribution in [0.25, 0.3) is 0 Å². The zero-order chi connectivity index (χ0) is 16.4. The van der Waals surface area contributed by atoms with E-state index < -0.39 is 25.9 Å². The molecule has 0 amide bonds. The molecule has 0 heterocycles. The van der Waals surface area contributed by atoms with E-state index in [9.17, 15) is 0 Å². The van der Waals surface area contributed by atoms with Gasteiger partial charge in [-0.2, -0.15) is 0 Å². The lowest BCUT2D eigenvalue weighted by Gasteiger charge is -2.25. The van der Waals surface area contributed by atoms with E-state index in [0.717, 1.165) is 6.04 Å². The second-order valence-electron chi connectivity index (χ2n) is 7.09. The van der Waals surface area contributed by atoms with Gasteiger partial charge in [-0.15, -0.1) is 0 Å². The number of rotatable bonds is 13. The van der Waals surface area contributed by atoms with Gasteiger partial charge in [0.05, 0.1) is 0 Å². The summed E-state index contributed by atoms with van der Waals surface area (Å²) in [6.45, 7) is 11.5. The molecular formula is C15H38O3Si3. The second kappa shape index (κ2) is 11.1. The molecule has 0 saturated heterocycles. The Bertz CT molecular complexity index is 257. The van der Waals surface area contributed by atoms with E-state index in [4.69, 9.17) is 13.0 Å². The smallest absolute Gasteiger partial charge is 0.334 e. The largest absolute Gasteiger partial charge is 0.458 e. The highest BCUT2D eigenvalue weighted by Gasteiger charge is 2.27. The lowest BCUT2D eigenvalue weighted by atomic mass is 10.1. The Balaban J connectivity index is 3.53. The van der Waals surface area contributed by atoms with Gasteiger partial charge >= 0.3 is 8.56 Å². The normalized spacial score (nSPS) is 13.1. The molecule has 0 fully saturated rings. The predicted octanol–water partition coefficient (Wildman–Crippen LogP) is 4.90. The first kappa shape index (κ1) is 21.5. The van der Waals surface area contributed by atoms with Crippen molar-refractivity contribution in [2.45, 2.75) is 83.3 Å². The zero-order valence-corrected chi connectivity index (χ0v) is 18.6. The molecular weight excluding hydrogens is 312 g/mol. The average molecular weight is 351 g/mol. The molecule has 0 aromatic carbocycles. The van der Waals surface area contributed by atoms with Gasteiger partial charge in [-0.25, -0.2) is 0 Å². The molecule has 0 spiro atoms. The first-order chi connectivity index (χ1) is 9.74. The molecule has 3 nitrogen and oxygen atoms in total. The fraction of sp³-hybridized carbons (Fsp3) is 1.00. The summed E-state index contributed by atoms with van der Waals surface area (Å²) in [5.74, 6) is 0. The van der Waals surface area contributed by atoms with Crippen molar-refractivity contribution in [3.05, 3.63) is 0 Å². The molecule has 0 radical (unpaired) electrons. The van der Waals surface area contributed by atoms with Crippen LogP contribution in [0.1, 0.15) is 38.5 Å². The molecule has 0 unspecified atom stereocenters. The van der Waals surface area contributed by atoms with Gasteiger partial charge < -0.3 is 13.0 Å². The van der Waals surface area contributed by atoms with Crippen molar-refractivity contribution in [3.8, 4) is 0 Å². The van der Waals surface area contributed by atoms with Crippen LogP contribution in [0.3, 0.4) is 0 Å². The van der Waals surface area contributed by atoms with Crippen LogP contribution in [0, 0.1) is 0 Å². The van der Waals surface area contributed by atoms with E-state index in [1.165, 1.54) is 44.6 Å². The zero-order valence-electron chi connectivity index (χ0n) is 15.5. The third-order valence-electron chi connectivity index (χ3n) is 4.08. The van der Waals surface area contributed by atoms with E-state index in [-0.39, 0.29) is 0 Å². The van der Waals surface area contributed by atoms with Crippen LogP contribution in [0.5, 0.6) is 0 Å². The minimum Gasteiger partial charge on any atom is -0.458 e. The van der Waals surface area contributed by atoms with Crippen molar-refractivity contribution in [1.82, 2.24) is 0 Å². The predicted molar refractivity (Wildman–Crippen MR) is 100 cm³/mol. The highest BCUT2D eigenvalue weighted by molar-refractivity contribution is 6.77. The summed E-state index contributed by atoms with van der Waals surface area (Å²) in [5, 5.41) is 0. The van der Waals surface area contributed by atoms with E-state index in [1.54, 1.807) is 14.2 Å². The summed E-state index contributed by atoms with van der Waals surface area (Å²) in [7, 11) is -0.451. The average Bonchev–Trinajstić information content (AvgIpc) is 2.40. The highest BCUT2D eigenvalue weighted by atomic mass is 28.4. The van der Waals surface area contributed by atoms with Crippen molar-refractivity contribution in [3.63, 3.8) is 0 Å². The first-order valence-electron chi connectivity index (χ1n) is 8.53. The minimum absolute atomic E-state index is 0.851. The number of unbranched alkanes of at least 4 members (excludes halogenated alkanes) is 5. The maximum Gasteiger partial charge on any atom is 0.334 e. The lowest BCUT2D eigenvalue weighted by Crippen LogP contribution is -2.35. The van der Waals surface area contributed by atoms with Gasteiger partial charge in [0.15, 0.2) is 17.4 Å². The van der Waals surface area contributed by atoms with E-state index in [0.29, 0.717) is 0 Å². The molecule has 21 heavy (non-hydrogen) atoms. The van der Waals surface area contributed by atoms with E-state index >= 15 is 0 Å². The summed E-state index contributed by atoms with van der Waals surface area (Å²) in [6.07, 6.45) is 7.98. The Morgan fingerprint density at radius 2 is 1.14 bits per heavy atom. The molecule has 0 bridgehead atoms. The standard InChI is InChI=1S/C15H38O3Si3/c1-16-21(7,17-2)15-13-11-9-8-10-12-14-20(5,6)18-19(3)4/h19H,8-15H2,1-7H3. The van der Waals surface area contributed by atoms with Crippen LogP contribution >= 0.6 is 0 Å². The van der Waals surface area contributed by atoms with Gasteiger partial charge in [0.25, 0.3) is 0 Å². The lowest BCUT2D eigenvalue weighted by molar-refractivity contribution is 0.248. The van der Waals surface area contributed by atoms with E-state index in [2.05, 4.69) is 32.7 Å². The summed E-state index contributed by atoms with van der Waals surface area (Å²) in [5.41, 5.74) is 0. The monoisotopic (exact) mass is 350 g/mol. The molecule has 128 valence electrons. The van der Waals surface area contributed by atoms with Crippen molar-refractivity contribution in [1.29, 1.82) is 0 Å². The molecule has 0 aliphatic carbocycles. The Morgan fingerprint density at radius 1 is 0.714 bits per heavy atom. The van der Waals surface area contributed by atoms with Gasteiger partial charge in [-0.3, -0.25) is 0 Å². The maximum atomic E-state index is 6.20. The van der Waals surface area contributed by atoms with Crippen LogP contribution in [-0.4, -0.2) is 40.1 Å². The molecule has 0 aliphatic heterocycles. The SMILES string of the molecule is CO[Si](C)(CCCCCCCC[Si](C)(C)O[SiH](C)C)OC. The Kier molecular flexibility index (Phi) is 11.4. The second-order valence-corrected chi connectivity index (χ2v) is 17.7. The van der Waals surface area contributed by atoms with Crippen LogP contribution in [0.4, 0.5) is 0 Å². The molecule has 0 N–H and O–H groups in total. The number of hydrogen-bond acceptors (Lipinski definition) is 3. The van der Waals surface area contributed by atoms with Gasteiger partial charge in [0.2, 0.25) is 0 Å². The summed E-state index contributed by atoms with van der Waals surface area (Å²) < 4.78 is 17.2. The van der Waals surface area contributed by atoms with Crippen LogP contribution < -0.4 is 0 Å². The first-order valence-corrected chi connectivity index (χ1v) is 16.9. The minimum atomic E-state index is -1.82. The fourth-order valence-corrected chi connectivity index (χ4v) is 10.8. The third-order valence-corrected chi connectivity index (χ3v) is 13.1.